The molecule has 1 fully saturated rings. The maximum absolute atomic E-state index is 13.6. The lowest BCUT2D eigenvalue weighted by Crippen LogP contribution is -2.26. The minimum Gasteiger partial charge on any atom is -0.370 e. The SMILES string of the molecule is NC(N)=NC(=O)c1ccc2c3ccccc3n(C3CCC(F)(F)CC3)c2c1. The summed E-state index contributed by atoms with van der Waals surface area (Å²) in [5.74, 6) is -3.41. The maximum Gasteiger partial charge on any atom is 0.280 e. The molecule has 27 heavy (non-hydrogen) atoms. The smallest absolute Gasteiger partial charge is 0.280 e. The molecule has 0 bridgehead atoms. The molecular weight excluding hydrogens is 350 g/mol. The molecular formula is C20H20F2N4O. The summed E-state index contributed by atoms with van der Waals surface area (Å²) in [6, 6.07) is 13.1. The fourth-order valence-electron chi connectivity index (χ4n) is 3.99. The molecule has 0 radical (unpaired) electrons. The highest BCUT2D eigenvalue weighted by Gasteiger charge is 2.36. The molecule has 0 aliphatic heterocycles. The van der Waals surface area contributed by atoms with Crippen molar-refractivity contribution in [1.29, 1.82) is 0 Å². The molecule has 0 spiro atoms. The number of guanidine groups is 1. The van der Waals surface area contributed by atoms with E-state index in [-0.39, 0.29) is 24.8 Å². The van der Waals surface area contributed by atoms with Crippen LogP contribution >= 0.6 is 0 Å². The maximum atomic E-state index is 13.6. The van der Waals surface area contributed by atoms with E-state index in [9.17, 15) is 13.6 Å². The van der Waals surface area contributed by atoms with Gasteiger partial charge in [0, 0.05) is 40.7 Å². The number of para-hydroxylation sites is 1. The fourth-order valence-corrected chi connectivity index (χ4v) is 3.99. The lowest BCUT2D eigenvalue weighted by Gasteiger charge is -2.30. The molecule has 1 aromatic heterocycles. The zero-order valence-electron chi connectivity index (χ0n) is 14.7. The Balaban J connectivity index is 1.89. The van der Waals surface area contributed by atoms with Crippen molar-refractivity contribution < 1.29 is 13.6 Å². The van der Waals surface area contributed by atoms with Gasteiger partial charge in [-0.3, -0.25) is 4.79 Å². The van der Waals surface area contributed by atoms with Gasteiger partial charge < -0.3 is 16.0 Å². The second-order valence-electron chi connectivity index (χ2n) is 7.05. The topological polar surface area (TPSA) is 86.4 Å². The Hall–Kier alpha value is -2.96. The summed E-state index contributed by atoms with van der Waals surface area (Å²) in [6.07, 6.45) is 0.538. The number of halogens is 2. The summed E-state index contributed by atoms with van der Waals surface area (Å²) in [5, 5.41) is 2.01. The first-order valence-corrected chi connectivity index (χ1v) is 8.90. The molecule has 4 rings (SSSR count). The van der Waals surface area contributed by atoms with Crippen molar-refractivity contribution in [2.75, 3.05) is 0 Å². The van der Waals surface area contributed by atoms with Gasteiger partial charge in [0.1, 0.15) is 0 Å². The van der Waals surface area contributed by atoms with Crippen molar-refractivity contribution in [2.45, 2.75) is 37.6 Å². The zero-order chi connectivity index (χ0) is 19.2. The van der Waals surface area contributed by atoms with Gasteiger partial charge in [-0.05, 0) is 31.0 Å². The molecule has 1 aliphatic rings. The van der Waals surface area contributed by atoms with Crippen molar-refractivity contribution >= 4 is 33.7 Å². The zero-order valence-corrected chi connectivity index (χ0v) is 14.7. The van der Waals surface area contributed by atoms with Crippen molar-refractivity contribution in [1.82, 2.24) is 4.57 Å². The molecule has 2 aromatic carbocycles. The monoisotopic (exact) mass is 370 g/mol. The van der Waals surface area contributed by atoms with Crippen LogP contribution in [0.25, 0.3) is 21.8 Å². The third-order valence-corrected chi connectivity index (χ3v) is 5.24. The molecule has 0 saturated heterocycles. The molecule has 1 amide bonds. The third-order valence-electron chi connectivity index (χ3n) is 5.24. The Morgan fingerprint density at radius 2 is 1.70 bits per heavy atom. The summed E-state index contributed by atoms with van der Waals surface area (Å²) in [6.45, 7) is 0. The molecule has 0 atom stereocenters. The van der Waals surface area contributed by atoms with E-state index in [0.29, 0.717) is 18.4 Å². The number of aliphatic imine (C=N–C) groups is 1. The highest BCUT2D eigenvalue weighted by Crippen LogP contribution is 2.42. The highest BCUT2D eigenvalue weighted by atomic mass is 19.3. The molecule has 1 heterocycles. The van der Waals surface area contributed by atoms with E-state index in [0.717, 1.165) is 21.8 Å². The van der Waals surface area contributed by atoms with E-state index in [1.54, 1.807) is 12.1 Å². The predicted octanol–water partition coefficient (Wildman–Crippen LogP) is 3.96. The first-order chi connectivity index (χ1) is 12.9. The molecule has 1 aliphatic carbocycles. The summed E-state index contributed by atoms with van der Waals surface area (Å²) in [7, 11) is 0. The van der Waals surface area contributed by atoms with Crippen LogP contribution < -0.4 is 11.5 Å². The van der Waals surface area contributed by atoms with Crippen molar-refractivity contribution in [3.63, 3.8) is 0 Å². The van der Waals surface area contributed by atoms with E-state index in [4.69, 9.17) is 11.5 Å². The molecule has 1 saturated carbocycles. The largest absolute Gasteiger partial charge is 0.370 e. The van der Waals surface area contributed by atoms with Gasteiger partial charge in [0.25, 0.3) is 5.91 Å². The van der Waals surface area contributed by atoms with Crippen LogP contribution in [0.2, 0.25) is 0 Å². The second kappa shape index (κ2) is 6.33. The van der Waals surface area contributed by atoms with Crippen molar-refractivity contribution in [3.8, 4) is 0 Å². The van der Waals surface area contributed by atoms with Crippen LogP contribution in [0.5, 0.6) is 0 Å². The van der Waals surface area contributed by atoms with Gasteiger partial charge in [-0.25, -0.2) is 8.78 Å². The number of amides is 1. The number of hydrogen-bond acceptors (Lipinski definition) is 1. The lowest BCUT2D eigenvalue weighted by atomic mass is 9.92. The number of rotatable bonds is 2. The summed E-state index contributed by atoms with van der Waals surface area (Å²) in [5.41, 5.74) is 12.8. The average molecular weight is 370 g/mol. The van der Waals surface area contributed by atoms with Gasteiger partial charge in [-0.1, -0.05) is 24.3 Å². The minimum absolute atomic E-state index is 0.0412. The minimum atomic E-state index is -2.59. The third kappa shape index (κ3) is 3.13. The predicted molar refractivity (Wildman–Crippen MR) is 102 cm³/mol. The molecule has 7 heteroatoms. The number of hydrogen-bond donors (Lipinski definition) is 2. The van der Waals surface area contributed by atoms with Gasteiger partial charge in [0.2, 0.25) is 5.92 Å². The summed E-state index contributed by atoms with van der Waals surface area (Å²) < 4.78 is 29.4. The standard InChI is InChI=1S/C20H20F2N4O/c21-20(22)9-7-13(8-10-20)26-16-4-2-1-3-14(16)15-6-5-12(11-17(15)26)18(27)25-19(23)24/h1-6,11,13H,7-10H2,(H4,23,24,25,27). The van der Waals surface area contributed by atoms with Crippen LogP contribution in [0, 0.1) is 0 Å². The highest BCUT2D eigenvalue weighted by molar-refractivity contribution is 6.11. The van der Waals surface area contributed by atoms with E-state index in [1.165, 1.54) is 0 Å². The van der Waals surface area contributed by atoms with Crippen molar-refractivity contribution in [2.24, 2.45) is 16.5 Å². The van der Waals surface area contributed by atoms with E-state index in [1.807, 2.05) is 30.3 Å². The van der Waals surface area contributed by atoms with Gasteiger partial charge in [-0.15, -0.1) is 0 Å². The molecule has 5 nitrogen and oxygen atoms in total. The van der Waals surface area contributed by atoms with Crippen LogP contribution in [0.4, 0.5) is 8.78 Å². The van der Waals surface area contributed by atoms with E-state index in [2.05, 4.69) is 9.56 Å². The number of carbonyl (C=O) groups is 1. The van der Waals surface area contributed by atoms with E-state index < -0.39 is 11.8 Å². The Bertz CT molecular complexity index is 1060. The van der Waals surface area contributed by atoms with Gasteiger partial charge in [0.05, 0.1) is 5.52 Å². The second-order valence-corrected chi connectivity index (χ2v) is 7.05. The first kappa shape index (κ1) is 17.5. The number of carbonyl (C=O) groups excluding carboxylic acids is 1. The Morgan fingerprint density at radius 1 is 1.04 bits per heavy atom. The number of benzene rings is 2. The fraction of sp³-hybridized carbons (Fsp3) is 0.300. The number of aromatic nitrogens is 1. The number of fused-ring (bicyclic) bond motifs is 3. The molecule has 4 N–H and O–H groups in total. The van der Waals surface area contributed by atoms with Gasteiger partial charge >= 0.3 is 0 Å². The number of alkyl halides is 2. The summed E-state index contributed by atoms with van der Waals surface area (Å²) >= 11 is 0. The van der Waals surface area contributed by atoms with Crippen LogP contribution in [-0.2, 0) is 0 Å². The van der Waals surface area contributed by atoms with Gasteiger partial charge in [0.15, 0.2) is 5.96 Å². The average Bonchev–Trinajstić information content (AvgIpc) is 2.95. The lowest BCUT2D eigenvalue weighted by molar-refractivity contribution is -0.0432. The van der Waals surface area contributed by atoms with Crippen molar-refractivity contribution in [3.05, 3.63) is 48.0 Å². The number of nitrogens with two attached hydrogens (primary N) is 2. The van der Waals surface area contributed by atoms with Crippen LogP contribution in [0.1, 0.15) is 42.1 Å². The Kier molecular flexibility index (Phi) is 4.09. The summed E-state index contributed by atoms with van der Waals surface area (Å²) in [4.78, 5) is 15.8. The van der Waals surface area contributed by atoms with Crippen LogP contribution in [0.3, 0.4) is 0 Å². The molecule has 0 unspecified atom stereocenters. The Morgan fingerprint density at radius 3 is 2.41 bits per heavy atom. The van der Waals surface area contributed by atoms with Crippen LogP contribution in [-0.4, -0.2) is 22.4 Å². The Labute approximate surface area is 154 Å². The number of nitrogens with zero attached hydrogens (tertiary/aromatic N) is 2. The molecule has 140 valence electrons. The van der Waals surface area contributed by atoms with Crippen LogP contribution in [0.15, 0.2) is 47.5 Å². The van der Waals surface area contributed by atoms with Gasteiger partial charge in [-0.2, -0.15) is 4.99 Å². The quantitative estimate of drug-likeness (QED) is 0.529. The molecule has 3 aromatic rings. The normalized spacial score (nSPS) is 17.3. The first-order valence-electron chi connectivity index (χ1n) is 8.90. The van der Waals surface area contributed by atoms with E-state index >= 15 is 0 Å².